The highest BCUT2D eigenvalue weighted by Gasteiger charge is 2.23. The van der Waals surface area contributed by atoms with Gasteiger partial charge in [0.15, 0.2) is 0 Å². The van der Waals surface area contributed by atoms with Gasteiger partial charge in [0.05, 0.1) is 4.83 Å². The quantitative estimate of drug-likeness (QED) is 0.582. The zero-order chi connectivity index (χ0) is 8.39. The summed E-state index contributed by atoms with van der Waals surface area (Å²) < 4.78 is 0. The fraction of sp³-hybridized carbons (Fsp3) is 0.889. The van der Waals surface area contributed by atoms with E-state index in [2.05, 4.69) is 25.8 Å². The average Bonchev–Trinajstić information content (AvgIpc) is 2.29. The van der Waals surface area contributed by atoms with Crippen LogP contribution in [-0.4, -0.2) is 35.2 Å². The highest BCUT2D eigenvalue weighted by Crippen LogP contribution is 2.21. The molecule has 0 aromatic carbocycles. The van der Waals surface area contributed by atoms with E-state index in [-0.39, 0.29) is 0 Å². The van der Waals surface area contributed by atoms with E-state index >= 15 is 0 Å². The third-order valence-electron chi connectivity index (χ3n) is 2.60. The van der Waals surface area contributed by atoms with Gasteiger partial charge in [-0.15, -0.1) is 0 Å². The first-order chi connectivity index (χ1) is 5.88. The molecule has 2 rings (SSSR count). The van der Waals surface area contributed by atoms with Crippen molar-refractivity contribution in [2.45, 2.75) is 30.5 Å². The molecule has 0 aromatic rings. The molecule has 0 saturated carbocycles. The maximum atomic E-state index is 4.59. The van der Waals surface area contributed by atoms with Gasteiger partial charge < -0.3 is 4.90 Å². The highest BCUT2D eigenvalue weighted by molar-refractivity contribution is 9.10. The molecule has 2 nitrogen and oxygen atoms in total. The molecule has 12 heavy (non-hydrogen) atoms. The summed E-state index contributed by atoms with van der Waals surface area (Å²) in [5.74, 6) is 1.32. The molecule has 0 aromatic heterocycles. The average molecular weight is 231 g/mol. The second kappa shape index (κ2) is 3.77. The molecule has 1 unspecified atom stereocenters. The predicted octanol–water partition coefficient (Wildman–Crippen LogP) is 2.04. The SMILES string of the molecule is BrC1CCCCN2CCCN=C12. The fourth-order valence-corrected chi connectivity index (χ4v) is 2.71. The van der Waals surface area contributed by atoms with Crippen molar-refractivity contribution in [1.29, 1.82) is 0 Å². The maximum Gasteiger partial charge on any atom is 0.113 e. The molecular weight excluding hydrogens is 216 g/mol. The number of halogens is 1. The van der Waals surface area contributed by atoms with E-state index < -0.39 is 0 Å². The van der Waals surface area contributed by atoms with Crippen molar-refractivity contribution in [1.82, 2.24) is 4.90 Å². The topological polar surface area (TPSA) is 15.6 Å². The number of hydrogen-bond acceptors (Lipinski definition) is 2. The molecule has 1 fully saturated rings. The molecule has 2 heterocycles. The smallest absolute Gasteiger partial charge is 0.113 e. The Morgan fingerprint density at radius 3 is 3.00 bits per heavy atom. The Balaban J connectivity index is 2.14. The fourth-order valence-electron chi connectivity index (χ4n) is 1.95. The van der Waals surface area contributed by atoms with Gasteiger partial charge in [0.25, 0.3) is 0 Å². The lowest BCUT2D eigenvalue weighted by Crippen LogP contribution is -2.39. The zero-order valence-electron chi connectivity index (χ0n) is 7.30. The largest absolute Gasteiger partial charge is 0.359 e. The van der Waals surface area contributed by atoms with Crippen molar-refractivity contribution in [3.63, 3.8) is 0 Å². The van der Waals surface area contributed by atoms with Crippen LogP contribution in [0.5, 0.6) is 0 Å². The number of fused-ring (bicyclic) bond motifs is 1. The van der Waals surface area contributed by atoms with E-state index in [1.807, 2.05) is 0 Å². The number of rotatable bonds is 0. The normalized spacial score (nSPS) is 30.6. The van der Waals surface area contributed by atoms with Gasteiger partial charge in [-0.05, 0) is 19.3 Å². The van der Waals surface area contributed by atoms with Crippen LogP contribution in [0, 0.1) is 0 Å². The van der Waals surface area contributed by atoms with Crippen LogP contribution < -0.4 is 0 Å². The first-order valence-corrected chi connectivity index (χ1v) is 5.73. The van der Waals surface area contributed by atoms with E-state index in [4.69, 9.17) is 0 Å². The molecule has 1 atom stereocenters. The van der Waals surface area contributed by atoms with E-state index in [9.17, 15) is 0 Å². The van der Waals surface area contributed by atoms with Crippen LogP contribution in [0.2, 0.25) is 0 Å². The second-order valence-electron chi connectivity index (χ2n) is 3.54. The summed E-state index contributed by atoms with van der Waals surface area (Å²) >= 11 is 3.71. The van der Waals surface area contributed by atoms with Gasteiger partial charge in [-0.1, -0.05) is 22.4 Å². The number of aliphatic imine (C=N–C) groups is 1. The first-order valence-electron chi connectivity index (χ1n) is 4.81. The van der Waals surface area contributed by atoms with Crippen LogP contribution in [0.15, 0.2) is 4.99 Å². The summed E-state index contributed by atoms with van der Waals surface area (Å²) in [4.78, 5) is 7.57. The molecular formula is C9H15BrN2. The van der Waals surface area contributed by atoms with Gasteiger partial charge >= 0.3 is 0 Å². The monoisotopic (exact) mass is 230 g/mol. The summed E-state index contributed by atoms with van der Waals surface area (Å²) in [6.07, 6.45) is 5.17. The number of nitrogens with zero attached hydrogens (tertiary/aromatic N) is 2. The van der Waals surface area contributed by atoms with Crippen molar-refractivity contribution in [2.24, 2.45) is 4.99 Å². The Morgan fingerprint density at radius 1 is 1.25 bits per heavy atom. The lowest BCUT2D eigenvalue weighted by atomic mass is 10.2. The highest BCUT2D eigenvalue weighted by atomic mass is 79.9. The molecule has 68 valence electrons. The molecule has 0 amide bonds. The summed E-state index contributed by atoms with van der Waals surface area (Å²) in [7, 11) is 0. The van der Waals surface area contributed by atoms with Gasteiger partial charge in [0.2, 0.25) is 0 Å². The molecule has 0 aliphatic carbocycles. The van der Waals surface area contributed by atoms with Gasteiger partial charge in [0.1, 0.15) is 5.84 Å². The predicted molar refractivity (Wildman–Crippen MR) is 55.1 cm³/mol. The summed E-state index contributed by atoms with van der Waals surface area (Å²) in [5.41, 5.74) is 0. The minimum atomic E-state index is 0.528. The third-order valence-corrected chi connectivity index (χ3v) is 3.47. The maximum absolute atomic E-state index is 4.59. The van der Waals surface area contributed by atoms with E-state index in [0.717, 1.165) is 6.54 Å². The Morgan fingerprint density at radius 2 is 2.08 bits per heavy atom. The summed E-state index contributed by atoms with van der Waals surface area (Å²) in [6.45, 7) is 3.48. The van der Waals surface area contributed by atoms with Crippen molar-refractivity contribution < 1.29 is 0 Å². The van der Waals surface area contributed by atoms with E-state index in [1.165, 1.54) is 44.6 Å². The van der Waals surface area contributed by atoms with Crippen molar-refractivity contribution in [3.05, 3.63) is 0 Å². The first kappa shape index (κ1) is 8.54. The van der Waals surface area contributed by atoms with Gasteiger partial charge in [0, 0.05) is 19.6 Å². The van der Waals surface area contributed by atoms with Crippen molar-refractivity contribution in [3.8, 4) is 0 Å². The van der Waals surface area contributed by atoms with Crippen LogP contribution in [0.4, 0.5) is 0 Å². The molecule has 0 bridgehead atoms. The Labute approximate surface area is 82.2 Å². The van der Waals surface area contributed by atoms with Crippen molar-refractivity contribution >= 4 is 21.8 Å². The number of amidine groups is 1. The van der Waals surface area contributed by atoms with Gasteiger partial charge in [-0.2, -0.15) is 0 Å². The molecule has 3 heteroatoms. The van der Waals surface area contributed by atoms with Crippen LogP contribution >= 0.6 is 15.9 Å². The lowest BCUT2D eigenvalue weighted by Gasteiger charge is -2.29. The number of hydrogen-bond donors (Lipinski definition) is 0. The van der Waals surface area contributed by atoms with Crippen molar-refractivity contribution in [2.75, 3.05) is 19.6 Å². The second-order valence-corrected chi connectivity index (χ2v) is 4.65. The molecule has 2 aliphatic rings. The van der Waals surface area contributed by atoms with Gasteiger partial charge in [-0.25, -0.2) is 0 Å². The van der Waals surface area contributed by atoms with Crippen LogP contribution in [0.1, 0.15) is 25.7 Å². The summed E-state index contributed by atoms with van der Waals surface area (Å²) in [5, 5.41) is 0. The molecule has 1 saturated heterocycles. The zero-order valence-corrected chi connectivity index (χ0v) is 8.89. The molecule has 0 spiro atoms. The molecule has 0 radical (unpaired) electrons. The van der Waals surface area contributed by atoms with Crippen LogP contribution in [-0.2, 0) is 0 Å². The Bertz CT molecular complexity index is 191. The van der Waals surface area contributed by atoms with E-state index in [0.29, 0.717) is 4.83 Å². The van der Waals surface area contributed by atoms with Crippen LogP contribution in [0.3, 0.4) is 0 Å². The molecule has 2 aliphatic heterocycles. The third kappa shape index (κ3) is 1.65. The van der Waals surface area contributed by atoms with E-state index in [1.54, 1.807) is 0 Å². The Kier molecular flexibility index (Phi) is 2.69. The van der Waals surface area contributed by atoms with Gasteiger partial charge in [-0.3, -0.25) is 4.99 Å². The Hall–Kier alpha value is -0.0500. The van der Waals surface area contributed by atoms with Crippen LogP contribution in [0.25, 0.3) is 0 Å². The number of alkyl halides is 1. The minimum Gasteiger partial charge on any atom is -0.359 e. The summed E-state index contributed by atoms with van der Waals surface area (Å²) in [6, 6.07) is 0. The standard InChI is InChI=1S/C9H15BrN2/c10-8-4-1-2-6-12-7-3-5-11-9(8)12/h8H,1-7H2. The lowest BCUT2D eigenvalue weighted by molar-refractivity contribution is 0.391. The molecule has 0 N–H and O–H groups in total. The minimum absolute atomic E-state index is 0.528.